The fourth-order valence-electron chi connectivity index (χ4n) is 2.64. The van der Waals surface area contributed by atoms with Crippen molar-refractivity contribution in [3.63, 3.8) is 0 Å². The van der Waals surface area contributed by atoms with Crippen molar-refractivity contribution in [3.8, 4) is 16.9 Å². The van der Waals surface area contributed by atoms with Gasteiger partial charge in [0.1, 0.15) is 5.82 Å². The molecule has 0 aliphatic rings. The molecule has 122 valence electrons. The summed E-state index contributed by atoms with van der Waals surface area (Å²) in [5.74, 6) is -0.407. The highest BCUT2D eigenvalue weighted by Gasteiger charge is 2.16. The number of rotatable bonds is 3. The number of hydrogen-bond donors (Lipinski definition) is 0. The molecule has 4 nitrogen and oxygen atoms in total. The first-order valence-electron chi connectivity index (χ1n) is 7.10. The van der Waals surface area contributed by atoms with Gasteiger partial charge in [0.15, 0.2) is 0 Å². The lowest BCUT2D eigenvalue weighted by molar-refractivity contribution is 0.626. The molecular formula is C17H13FN2O2S2. The average molecular weight is 360 g/mol. The summed E-state index contributed by atoms with van der Waals surface area (Å²) in [5, 5.41) is 1.74. The molecule has 2 aromatic carbocycles. The van der Waals surface area contributed by atoms with Crippen LogP contribution in [0, 0.1) is 19.7 Å². The third-order valence-corrected chi connectivity index (χ3v) is 4.78. The topological polar surface area (TPSA) is 51.4 Å². The minimum atomic E-state index is -0.407. The molecule has 24 heavy (non-hydrogen) atoms. The van der Waals surface area contributed by atoms with Gasteiger partial charge in [0.05, 0.1) is 17.1 Å². The zero-order chi connectivity index (χ0) is 17.3. The van der Waals surface area contributed by atoms with Crippen molar-refractivity contribution < 1.29 is 8.60 Å². The highest BCUT2D eigenvalue weighted by atomic mass is 32.1. The summed E-state index contributed by atoms with van der Waals surface area (Å²) in [7, 11) is 0. The Morgan fingerprint density at radius 3 is 2.71 bits per heavy atom. The molecule has 3 aromatic rings. The minimum absolute atomic E-state index is 0.154. The summed E-state index contributed by atoms with van der Waals surface area (Å²) >= 11 is 1.20. The summed E-state index contributed by atoms with van der Waals surface area (Å²) in [5.41, 5.74) is 4.21. The Balaban J connectivity index is 2.28. The van der Waals surface area contributed by atoms with Crippen LogP contribution in [0.3, 0.4) is 0 Å². The van der Waals surface area contributed by atoms with Gasteiger partial charge in [0.2, 0.25) is 11.5 Å². The van der Waals surface area contributed by atoms with Crippen LogP contribution in [0.1, 0.15) is 11.1 Å². The minimum Gasteiger partial charge on any atom is -0.267 e. The van der Waals surface area contributed by atoms with Crippen molar-refractivity contribution >= 4 is 28.5 Å². The number of hydrogen-bond acceptors (Lipinski definition) is 4. The highest BCUT2D eigenvalue weighted by molar-refractivity contribution is 7.54. The van der Waals surface area contributed by atoms with Gasteiger partial charge < -0.3 is 0 Å². The Kier molecular flexibility index (Phi) is 4.55. The van der Waals surface area contributed by atoms with E-state index in [4.69, 9.17) is 0 Å². The van der Waals surface area contributed by atoms with Crippen molar-refractivity contribution in [2.24, 2.45) is 4.36 Å². The van der Waals surface area contributed by atoms with Crippen LogP contribution in [-0.2, 0) is 11.5 Å². The Bertz CT molecular complexity index is 1030. The van der Waals surface area contributed by atoms with Crippen molar-refractivity contribution in [2.45, 2.75) is 13.8 Å². The molecule has 7 heteroatoms. The third-order valence-electron chi connectivity index (χ3n) is 3.80. The Morgan fingerprint density at radius 2 is 2.00 bits per heavy atom. The molecule has 0 atom stereocenters. The molecule has 0 unspecified atom stereocenters. The molecule has 0 radical (unpaired) electrons. The SMILES string of the molecule is Cc1ccc(-c2csc(=O)n2-c2cccc(F)c2)c(C)c1N=S=O. The zero-order valence-electron chi connectivity index (χ0n) is 12.9. The van der Waals surface area contributed by atoms with Crippen molar-refractivity contribution in [3.05, 3.63) is 68.4 Å². The van der Waals surface area contributed by atoms with Crippen molar-refractivity contribution in [2.75, 3.05) is 0 Å². The largest absolute Gasteiger partial charge is 0.312 e. The molecule has 0 N–H and O–H groups in total. The van der Waals surface area contributed by atoms with E-state index in [1.165, 1.54) is 16.7 Å². The molecule has 0 bridgehead atoms. The normalized spacial score (nSPS) is 10.6. The van der Waals surface area contributed by atoms with Crippen LogP contribution in [0.2, 0.25) is 0 Å². The molecule has 0 fully saturated rings. The van der Waals surface area contributed by atoms with E-state index >= 15 is 0 Å². The highest BCUT2D eigenvalue weighted by Crippen LogP contribution is 2.34. The molecular weight excluding hydrogens is 347 g/mol. The van der Waals surface area contributed by atoms with Crippen LogP contribution in [-0.4, -0.2) is 8.78 Å². The van der Waals surface area contributed by atoms with Crippen LogP contribution in [0.15, 0.2) is 50.9 Å². The summed E-state index contributed by atoms with van der Waals surface area (Å²) in [6, 6.07) is 9.64. The lowest BCUT2D eigenvalue weighted by Gasteiger charge is -2.12. The number of aryl methyl sites for hydroxylation is 1. The molecule has 0 spiro atoms. The molecule has 0 saturated heterocycles. The average Bonchev–Trinajstić information content (AvgIpc) is 2.93. The van der Waals surface area contributed by atoms with Crippen LogP contribution in [0.5, 0.6) is 0 Å². The van der Waals surface area contributed by atoms with E-state index in [-0.39, 0.29) is 16.3 Å². The van der Waals surface area contributed by atoms with E-state index in [1.807, 2.05) is 26.0 Å². The monoisotopic (exact) mass is 360 g/mol. The molecule has 0 amide bonds. The smallest absolute Gasteiger partial charge is 0.267 e. The van der Waals surface area contributed by atoms with E-state index in [2.05, 4.69) is 4.36 Å². The Morgan fingerprint density at radius 1 is 1.21 bits per heavy atom. The number of aromatic nitrogens is 1. The quantitative estimate of drug-likeness (QED) is 0.697. The first kappa shape index (κ1) is 16.5. The van der Waals surface area contributed by atoms with Crippen molar-refractivity contribution in [1.29, 1.82) is 0 Å². The van der Waals surface area contributed by atoms with Gasteiger partial charge in [-0.2, -0.15) is 8.57 Å². The fourth-order valence-corrected chi connectivity index (χ4v) is 3.75. The molecule has 0 aliphatic heterocycles. The van der Waals surface area contributed by atoms with Crippen molar-refractivity contribution in [1.82, 2.24) is 4.57 Å². The second kappa shape index (κ2) is 6.62. The standard InChI is InChI=1S/C17H13FN2O2S2/c1-10-6-7-14(11(2)16(10)19-24-22)15-9-23-17(21)20(15)13-5-3-4-12(18)8-13/h3-9H,1-2H3. The van der Waals surface area contributed by atoms with E-state index in [0.717, 1.165) is 28.0 Å². The van der Waals surface area contributed by atoms with Crippen LogP contribution < -0.4 is 4.87 Å². The van der Waals surface area contributed by atoms with Crippen LogP contribution in [0.25, 0.3) is 16.9 Å². The zero-order valence-corrected chi connectivity index (χ0v) is 14.6. The first-order chi connectivity index (χ1) is 11.5. The van der Waals surface area contributed by atoms with Crippen LogP contribution >= 0.6 is 11.3 Å². The Hall–Kier alpha value is -2.38. The second-order valence-electron chi connectivity index (χ2n) is 5.27. The van der Waals surface area contributed by atoms with E-state index in [1.54, 1.807) is 17.5 Å². The van der Waals surface area contributed by atoms with Gasteiger partial charge in [-0.25, -0.2) is 4.39 Å². The molecule has 0 saturated carbocycles. The van der Waals surface area contributed by atoms with E-state index in [9.17, 15) is 13.4 Å². The predicted molar refractivity (Wildman–Crippen MR) is 95.0 cm³/mol. The number of halogens is 1. The Labute approximate surface area is 145 Å². The molecule has 1 aromatic heterocycles. The number of thiazole rings is 1. The second-order valence-corrected chi connectivity index (χ2v) is 6.42. The molecule has 0 aliphatic carbocycles. The maximum Gasteiger partial charge on any atom is 0.312 e. The number of nitrogens with zero attached hydrogens (tertiary/aromatic N) is 2. The summed E-state index contributed by atoms with van der Waals surface area (Å²) in [6.07, 6.45) is 0. The van der Waals surface area contributed by atoms with E-state index in [0.29, 0.717) is 17.1 Å². The summed E-state index contributed by atoms with van der Waals surface area (Å²) < 4.78 is 29.8. The van der Waals surface area contributed by atoms with Gasteiger partial charge in [0.25, 0.3) is 0 Å². The van der Waals surface area contributed by atoms with Crippen LogP contribution in [0.4, 0.5) is 10.1 Å². The van der Waals surface area contributed by atoms with Gasteiger partial charge >= 0.3 is 4.87 Å². The van der Waals surface area contributed by atoms with Gasteiger partial charge in [-0.15, -0.1) is 0 Å². The third kappa shape index (κ3) is 2.88. The summed E-state index contributed by atoms with van der Waals surface area (Å²) in [6.45, 7) is 3.73. The fraction of sp³-hybridized carbons (Fsp3) is 0.118. The maximum atomic E-state index is 13.6. The lowest BCUT2D eigenvalue weighted by Crippen LogP contribution is -2.12. The van der Waals surface area contributed by atoms with Gasteiger partial charge in [-0.05, 0) is 43.2 Å². The molecule has 3 rings (SSSR count). The van der Waals surface area contributed by atoms with E-state index < -0.39 is 5.82 Å². The maximum absolute atomic E-state index is 13.6. The van der Waals surface area contributed by atoms with Gasteiger partial charge in [-0.3, -0.25) is 9.36 Å². The molecule has 1 heterocycles. The van der Waals surface area contributed by atoms with Gasteiger partial charge in [0, 0.05) is 10.9 Å². The first-order valence-corrected chi connectivity index (χ1v) is 8.68. The predicted octanol–water partition coefficient (Wildman–Crippen LogP) is 4.35. The lowest BCUT2D eigenvalue weighted by atomic mass is 10.0. The summed E-state index contributed by atoms with van der Waals surface area (Å²) in [4.78, 5) is 12.1. The van der Waals surface area contributed by atoms with Gasteiger partial charge in [-0.1, -0.05) is 29.5 Å². The number of benzene rings is 2.